The maximum atomic E-state index is 13.6. The van der Waals surface area contributed by atoms with Gasteiger partial charge < -0.3 is 33.8 Å². The second-order valence-electron chi connectivity index (χ2n) is 10.4. The van der Waals surface area contributed by atoms with E-state index in [2.05, 4.69) is 5.32 Å². The van der Waals surface area contributed by atoms with Gasteiger partial charge in [0.2, 0.25) is 0 Å². The van der Waals surface area contributed by atoms with Gasteiger partial charge in [0.1, 0.15) is 25.7 Å². The minimum Gasteiger partial charge on any atom is -0.453 e. The Balaban J connectivity index is 1.84. The first-order chi connectivity index (χ1) is 16.5. The van der Waals surface area contributed by atoms with E-state index in [1.165, 1.54) is 7.11 Å². The van der Waals surface area contributed by atoms with Crippen molar-refractivity contribution < 1.29 is 38.1 Å². The van der Waals surface area contributed by atoms with Crippen LogP contribution in [0.25, 0.3) is 0 Å². The van der Waals surface area contributed by atoms with Crippen molar-refractivity contribution in [2.24, 2.45) is 29.6 Å². The van der Waals surface area contributed by atoms with Gasteiger partial charge in [-0.2, -0.15) is 0 Å². The van der Waals surface area contributed by atoms with Crippen LogP contribution in [-0.2, 0) is 33.3 Å². The number of carbonyl (C=O) groups excluding carboxylic acids is 3. The van der Waals surface area contributed by atoms with Crippen molar-refractivity contribution in [3.63, 3.8) is 0 Å². The zero-order valence-corrected chi connectivity index (χ0v) is 20.6. The molecule has 192 valence electrons. The van der Waals surface area contributed by atoms with Gasteiger partial charge in [0.15, 0.2) is 0 Å². The van der Waals surface area contributed by atoms with Gasteiger partial charge in [-0.25, -0.2) is 4.79 Å². The van der Waals surface area contributed by atoms with Crippen molar-refractivity contribution in [3.8, 4) is 0 Å². The summed E-state index contributed by atoms with van der Waals surface area (Å²) in [5, 5.41) is 3.30. The Morgan fingerprint density at radius 2 is 1.91 bits per heavy atom. The van der Waals surface area contributed by atoms with Crippen LogP contribution >= 0.6 is 0 Å². The van der Waals surface area contributed by atoms with E-state index in [1.54, 1.807) is 14.2 Å². The zero-order chi connectivity index (χ0) is 24.3. The highest BCUT2D eigenvalue weighted by atomic mass is 16.7. The summed E-state index contributed by atoms with van der Waals surface area (Å²) in [6.45, 7) is 0.237. The van der Waals surface area contributed by atoms with E-state index in [9.17, 15) is 14.4 Å². The molecule has 4 rings (SSSR count). The Morgan fingerprint density at radius 1 is 1.15 bits per heavy atom. The van der Waals surface area contributed by atoms with E-state index in [0.717, 1.165) is 32.0 Å². The van der Waals surface area contributed by atoms with Crippen LogP contribution in [0.5, 0.6) is 0 Å². The SMILES string of the molecule is COCO[C@@H]1C[C@H]2[C@@]3(OCOC)C[C@H](CC(=O)[C@H]3CCC=O)[C@@]2(NC(=O)OC)[C@@H]2CCCC[C@H]21. The van der Waals surface area contributed by atoms with Crippen LogP contribution in [0.15, 0.2) is 0 Å². The molecule has 0 saturated heterocycles. The number of ether oxygens (including phenoxy) is 5. The molecule has 4 fully saturated rings. The molecule has 0 aromatic rings. The molecule has 4 aliphatic carbocycles. The second kappa shape index (κ2) is 10.6. The molecule has 0 spiro atoms. The lowest BCUT2D eigenvalue weighted by molar-refractivity contribution is -0.211. The number of ketones is 1. The summed E-state index contributed by atoms with van der Waals surface area (Å²) in [5.41, 5.74) is -1.47. The number of hydrogen-bond donors (Lipinski definition) is 1. The highest BCUT2D eigenvalue weighted by Gasteiger charge is 2.74. The number of methoxy groups -OCH3 is 3. The van der Waals surface area contributed by atoms with Gasteiger partial charge in [-0.1, -0.05) is 12.8 Å². The van der Waals surface area contributed by atoms with Gasteiger partial charge in [-0.15, -0.1) is 0 Å². The van der Waals surface area contributed by atoms with Crippen molar-refractivity contribution in [2.75, 3.05) is 34.9 Å². The quantitative estimate of drug-likeness (QED) is 0.375. The van der Waals surface area contributed by atoms with Gasteiger partial charge >= 0.3 is 6.09 Å². The predicted octanol–water partition coefficient (Wildman–Crippen LogP) is 2.84. The molecular weight excluding hydrogens is 442 g/mol. The first-order valence-electron chi connectivity index (χ1n) is 12.5. The lowest BCUT2D eigenvalue weighted by Gasteiger charge is -2.58. The molecule has 2 bridgehead atoms. The number of amides is 1. The van der Waals surface area contributed by atoms with E-state index < -0.39 is 23.2 Å². The molecule has 9 heteroatoms. The molecule has 4 saturated carbocycles. The normalized spacial score (nSPS) is 40.9. The number of aldehydes is 1. The van der Waals surface area contributed by atoms with Crippen molar-refractivity contribution >= 4 is 18.2 Å². The smallest absolute Gasteiger partial charge is 0.407 e. The molecule has 1 amide bonds. The average Bonchev–Trinajstić information content (AvgIpc) is 3.07. The summed E-state index contributed by atoms with van der Waals surface area (Å²) in [6.07, 6.45) is 6.83. The summed E-state index contributed by atoms with van der Waals surface area (Å²) in [5.74, 6) is -0.183. The number of carbonyl (C=O) groups is 3. The number of Topliss-reactive ketones (excluding diaryl/α,β-unsaturated/α-hetero) is 1. The number of hydrogen-bond acceptors (Lipinski definition) is 8. The molecule has 0 unspecified atom stereocenters. The molecule has 4 aliphatic rings. The maximum Gasteiger partial charge on any atom is 0.407 e. The first-order valence-corrected chi connectivity index (χ1v) is 12.5. The molecule has 1 N–H and O–H groups in total. The van der Waals surface area contributed by atoms with E-state index in [4.69, 9.17) is 23.7 Å². The highest BCUT2D eigenvalue weighted by molar-refractivity contribution is 5.85. The highest BCUT2D eigenvalue weighted by Crippen LogP contribution is 2.67. The lowest BCUT2D eigenvalue weighted by Crippen LogP contribution is -2.68. The number of rotatable bonds is 10. The Hall–Kier alpha value is -1.55. The minimum atomic E-state index is -0.836. The fourth-order valence-electron chi connectivity index (χ4n) is 8.15. The van der Waals surface area contributed by atoms with Crippen LogP contribution in [0, 0.1) is 29.6 Å². The van der Waals surface area contributed by atoms with E-state index in [-0.39, 0.29) is 49.1 Å². The average molecular weight is 482 g/mol. The minimum absolute atomic E-state index is 0.0417. The molecule has 9 nitrogen and oxygen atoms in total. The largest absolute Gasteiger partial charge is 0.453 e. The topological polar surface area (TPSA) is 109 Å². The molecule has 0 heterocycles. The molecule has 34 heavy (non-hydrogen) atoms. The number of alkyl carbamates (subject to hydrolysis) is 1. The maximum absolute atomic E-state index is 13.6. The molecule has 0 aromatic heterocycles. The standard InChI is InChI=1S/C25H39NO8/c1-30-14-33-21-12-22-24(34-15-31-2)13-16(11-20(28)19(24)9-6-10-27)25(22,26-23(29)32-3)18-8-5-4-7-17(18)21/h10,16-19,21-22H,4-9,11-15H2,1-3H3,(H,26,29)/t16-,17+,18+,19+,21+,22-,24+,25+/m0/s1. The Morgan fingerprint density at radius 3 is 2.62 bits per heavy atom. The van der Waals surface area contributed by atoms with Crippen LogP contribution in [-0.4, -0.2) is 70.3 Å². The van der Waals surface area contributed by atoms with Gasteiger partial charge in [-0.3, -0.25) is 4.79 Å². The summed E-state index contributed by atoms with van der Waals surface area (Å²) in [4.78, 5) is 37.6. The van der Waals surface area contributed by atoms with Crippen LogP contribution in [0.3, 0.4) is 0 Å². The van der Waals surface area contributed by atoms with Gasteiger partial charge in [0, 0.05) is 38.9 Å². The molecule has 0 aliphatic heterocycles. The lowest BCUT2D eigenvalue weighted by atomic mass is 9.54. The zero-order valence-electron chi connectivity index (χ0n) is 20.6. The molecule has 8 atom stereocenters. The van der Waals surface area contributed by atoms with Crippen molar-refractivity contribution in [3.05, 3.63) is 0 Å². The van der Waals surface area contributed by atoms with Crippen molar-refractivity contribution in [1.29, 1.82) is 0 Å². The molecule has 0 radical (unpaired) electrons. The van der Waals surface area contributed by atoms with Crippen LogP contribution in [0.4, 0.5) is 4.79 Å². The van der Waals surface area contributed by atoms with Gasteiger partial charge in [0.25, 0.3) is 0 Å². The second-order valence-corrected chi connectivity index (χ2v) is 10.4. The third kappa shape index (κ3) is 4.08. The fourth-order valence-corrected chi connectivity index (χ4v) is 8.15. The number of fused-ring (bicyclic) bond motifs is 7. The van der Waals surface area contributed by atoms with Crippen molar-refractivity contribution in [2.45, 2.75) is 75.0 Å². The Bertz CT molecular complexity index is 761. The van der Waals surface area contributed by atoms with Crippen LogP contribution in [0.1, 0.15) is 57.8 Å². The third-order valence-electron chi connectivity index (χ3n) is 9.13. The summed E-state index contributed by atoms with van der Waals surface area (Å²) in [7, 11) is 4.56. The monoisotopic (exact) mass is 481 g/mol. The molecular formula is C25H39NO8. The van der Waals surface area contributed by atoms with Crippen molar-refractivity contribution in [1.82, 2.24) is 5.32 Å². The Labute approximate surface area is 201 Å². The summed E-state index contributed by atoms with van der Waals surface area (Å²) < 4.78 is 28.4. The summed E-state index contributed by atoms with van der Waals surface area (Å²) in [6, 6.07) is 0. The number of nitrogens with one attached hydrogen (secondary N) is 1. The predicted molar refractivity (Wildman–Crippen MR) is 121 cm³/mol. The van der Waals surface area contributed by atoms with E-state index >= 15 is 0 Å². The summed E-state index contributed by atoms with van der Waals surface area (Å²) >= 11 is 0. The van der Waals surface area contributed by atoms with E-state index in [1.807, 2.05) is 0 Å². The third-order valence-corrected chi connectivity index (χ3v) is 9.13. The first kappa shape index (κ1) is 25.5. The van der Waals surface area contributed by atoms with Crippen LogP contribution in [0.2, 0.25) is 0 Å². The van der Waals surface area contributed by atoms with Gasteiger partial charge in [0.05, 0.1) is 24.4 Å². The van der Waals surface area contributed by atoms with Crippen LogP contribution < -0.4 is 5.32 Å². The molecule has 0 aromatic carbocycles. The van der Waals surface area contributed by atoms with Gasteiger partial charge in [-0.05, 0) is 49.9 Å². The Kier molecular flexibility index (Phi) is 7.96. The van der Waals surface area contributed by atoms with E-state index in [0.29, 0.717) is 32.1 Å². The fraction of sp³-hybridized carbons (Fsp3) is 0.880.